The summed E-state index contributed by atoms with van der Waals surface area (Å²) in [5, 5.41) is 6.11. The molecule has 0 bridgehead atoms. The van der Waals surface area contributed by atoms with Crippen molar-refractivity contribution in [2.75, 3.05) is 19.6 Å². The molecule has 1 heterocycles. The number of amides is 1. The summed E-state index contributed by atoms with van der Waals surface area (Å²) in [5.74, 6) is 0.164. The fourth-order valence-corrected chi connectivity index (χ4v) is 2.90. The van der Waals surface area contributed by atoms with E-state index in [2.05, 4.69) is 37.5 Å². The quantitative estimate of drug-likeness (QED) is 0.711. The number of carbonyl (C=O) groups excluding carboxylic acids is 1. The van der Waals surface area contributed by atoms with Crippen molar-refractivity contribution in [1.82, 2.24) is 10.6 Å². The second-order valence-corrected chi connectivity index (χ2v) is 5.96. The van der Waals surface area contributed by atoms with Crippen LogP contribution in [0, 0.1) is 13.8 Å². The predicted molar refractivity (Wildman–Crippen MR) is 78.3 cm³/mol. The van der Waals surface area contributed by atoms with Gasteiger partial charge in [0.05, 0.1) is 0 Å². The molecule has 4 heteroatoms. The molecule has 1 rings (SSSR count). The first-order valence-corrected chi connectivity index (χ1v) is 7.48. The summed E-state index contributed by atoms with van der Waals surface area (Å²) in [7, 11) is 0. The Kier molecular flexibility index (Phi) is 6.98. The van der Waals surface area contributed by atoms with Crippen molar-refractivity contribution >= 4 is 17.2 Å². The summed E-state index contributed by atoms with van der Waals surface area (Å²) in [6.07, 6.45) is 2.57. The Bertz CT molecular complexity index is 374. The average molecular weight is 268 g/mol. The zero-order valence-electron chi connectivity index (χ0n) is 11.6. The molecule has 102 valence electrons. The van der Waals surface area contributed by atoms with Crippen LogP contribution in [0.5, 0.6) is 0 Å². The Morgan fingerprint density at radius 3 is 2.72 bits per heavy atom. The predicted octanol–water partition coefficient (Wildman–Crippen LogP) is 2.41. The van der Waals surface area contributed by atoms with Gasteiger partial charge in [0, 0.05) is 29.3 Å². The molecule has 0 aliphatic heterocycles. The normalized spacial score (nSPS) is 10.6. The number of hydrogen-bond acceptors (Lipinski definition) is 3. The molecular weight excluding hydrogens is 244 g/mol. The van der Waals surface area contributed by atoms with Crippen molar-refractivity contribution in [2.45, 2.75) is 40.0 Å². The Morgan fingerprint density at radius 2 is 2.11 bits per heavy atom. The summed E-state index contributed by atoms with van der Waals surface area (Å²) < 4.78 is 0. The van der Waals surface area contributed by atoms with Crippen molar-refractivity contribution in [3.8, 4) is 0 Å². The number of hydrogen-bond donors (Lipinski definition) is 2. The summed E-state index contributed by atoms with van der Waals surface area (Å²) in [6, 6.07) is 2.24. The lowest BCUT2D eigenvalue weighted by Crippen LogP contribution is -2.31. The molecular formula is C14H24N2OS. The van der Waals surface area contributed by atoms with Gasteiger partial charge in [0.1, 0.15) is 0 Å². The molecule has 0 aliphatic carbocycles. The van der Waals surface area contributed by atoms with Crippen LogP contribution in [0.25, 0.3) is 0 Å². The molecule has 0 fully saturated rings. The van der Waals surface area contributed by atoms with Gasteiger partial charge in [0.25, 0.3) is 0 Å². The van der Waals surface area contributed by atoms with Crippen molar-refractivity contribution < 1.29 is 4.79 Å². The summed E-state index contributed by atoms with van der Waals surface area (Å²) in [6.45, 7) is 8.88. The van der Waals surface area contributed by atoms with Crippen molar-refractivity contribution in [1.29, 1.82) is 0 Å². The Morgan fingerprint density at radius 1 is 1.33 bits per heavy atom. The molecule has 0 atom stereocenters. The van der Waals surface area contributed by atoms with Crippen LogP contribution in [0.4, 0.5) is 0 Å². The van der Waals surface area contributed by atoms with E-state index in [0.717, 1.165) is 32.5 Å². The van der Waals surface area contributed by atoms with Gasteiger partial charge >= 0.3 is 0 Å². The molecule has 0 radical (unpaired) electrons. The molecule has 3 nitrogen and oxygen atoms in total. The SMILES string of the molecule is CCNCCNC(=O)CCCc1cc(C)sc1C. The summed E-state index contributed by atoms with van der Waals surface area (Å²) in [5.41, 5.74) is 1.40. The van der Waals surface area contributed by atoms with E-state index >= 15 is 0 Å². The fraction of sp³-hybridized carbons (Fsp3) is 0.643. The topological polar surface area (TPSA) is 41.1 Å². The third-order valence-corrected chi connectivity index (χ3v) is 3.88. The van der Waals surface area contributed by atoms with Gasteiger partial charge in [-0.05, 0) is 44.9 Å². The third-order valence-electron chi connectivity index (χ3n) is 2.87. The van der Waals surface area contributed by atoms with E-state index in [0.29, 0.717) is 6.42 Å². The highest BCUT2D eigenvalue weighted by Gasteiger charge is 2.05. The van der Waals surface area contributed by atoms with Crippen LogP contribution >= 0.6 is 11.3 Å². The maximum atomic E-state index is 11.6. The van der Waals surface area contributed by atoms with Gasteiger partial charge in [-0.1, -0.05) is 6.92 Å². The molecule has 0 saturated heterocycles. The van der Waals surface area contributed by atoms with Gasteiger partial charge in [0.2, 0.25) is 5.91 Å². The molecule has 0 aromatic carbocycles. The molecule has 0 spiro atoms. The first-order chi connectivity index (χ1) is 8.63. The van der Waals surface area contributed by atoms with Crippen LogP contribution in [0.3, 0.4) is 0 Å². The highest BCUT2D eigenvalue weighted by Crippen LogP contribution is 2.21. The summed E-state index contributed by atoms with van der Waals surface area (Å²) >= 11 is 1.84. The smallest absolute Gasteiger partial charge is 0.220 e. The van der Waals surface area contributed by atoms with Crippen LogP contribution in [0.2, 0.25) is 0 Å². The van der Waals surface area contributed by atoms with Crippen LogP contribution < -0.4 is 10.6 Å². The molecule has 1 amide bonds. The van der Waals surface area contributed by atoms with E-state index < -0.39 is 0 Å². The largest absolute Gasteiger partial charge is 0.355 e. The van der Waals surface area contributed by atoms with Crippen LogP contribution in [0.1, 0.15) is 35.1 Å². The van der Waals surface area contributed by atoms with Crippen LogP contribution in [0.15, 0.2) is 6.07 Å². The van der Waals surface area contributed by atoms with Gasteiger partial charge in [-0.2, -0.15) is 0 Å². The molecule has 0 saturated carbocycles. The van der Waals surface area contributed by atoms with Gasteiger partial charge in [0.15, 0.2) is 0 Å². The van der Waals surface area contributed by atoms with Crippen molar-refractivity contribution in [3.63, 3.8) is 0 Å². The number of carbonyl (C=O) groups is 1. The second kappa shape index (κ2) is 8.27. The number of aryl methyl sites for hydroxylation is 3. The van der Waals surface area contributed by atoms with Crippen molar-refractivity contribution in [3.05, 3.63) is 21.4 Å². The number of nitrogens with one attached hydrogen (secondary N) is 2. The first-order valence-electron chi connectivity index (χ1n) is 6.66. The van der Waals surface area contributed by atoms with Gasteiger partial charge in [-0.15, -0.1) is 11.3 Å². The fourth-order valence-electron chi connectivity index (χ4n) is 1.93. The number of thiophene rings is 1. The molecule has 18 heavy (non-hydrogen) atoms. The standard InChI is InChI=1S/C14H24N2OS/c1-4-15-8-9-16-14(17)7-5-6-13-10-11(2)18-12(13)3/h10,15H,4-9H2,1-3H3,(H,16,17). The van der Waals surface area contributed by atoms with E-state index in [4.69, 9.17) is 0 Å². The lowest BCUT2D eigenvalue weighted by molar-refractivity contribution is -0.121. The molecule has 1 aromatic rings. The third kappa shape index (κ3) is 5.65. The molecule has 0 unspecified atom stereocenters. The van der Waals surface area contributed by atoms with E-state index in [-0.39, 0.29) is 5.91 Å². The highest BCUT2D eigenvalue weighted by molar-refractivity contribution is 7.12. The zero-order valence-corrected chi connectivity index (χ0v) is 12.5. The molecule has 0 aliphatic rings. The minimum absolute atomic E-state index is 0.164. The lowest BCUT2D eigenvalue weighted by Gasteiger charge is -2.05. The lowest BCUT2D eigenvalue weighted by atomic mass is 10.1. The minimum Gasteiger partial charge on any atom is -0.355 e. The number of rotatable bonds is 8. The Hall–Kier alpha value is -0.870. The highest BCUT2D eigenvalue weighted by atomic mass is 32.1. The van der Waals surface area contributed by atoms with E-state index in [9.17, 15) is 4.79 Å². The maximum Gasteiger partial charge on any atom is 0.220 e. The molecule has 2 N–H and O–H groups in total. The molecule has 1 aromatic heterocycles. The van der Waals surface area contributed by atoms with E-state index in [1.54, 1.807) is 0 Å². The number of likely N-dealkylation sites (N-methyl/N-ethyl adjacent to an activating group) is 1. The van der Waals surface area contributed by atoms with Crippen LogP contribution in [-0.2, 0) is 11.2 Å². The average Bonchev–Trinajstić information content (AvgIpc) is 2.64. The van der Waals surface area contributed by atoms with Gasteiger partial charge in [-0.3, -0.25) is 4.79 Å². The minimum atomic E-state index is 0.164. The Labute approximate surface area is 114 Å². The van der Waals surface area contributed by atoms with E-state index in [1.165, 1.54) is 15.3 Å². The first kappa shape index (κ1) is 15.2. The second-order valence-electron chi connectivity index (χ2n) is 4.50. The Balaban J connectivity index is 2.13. The van der Waals surface area contributed by atoms with Gasteiger partial charge in [-0.25, -0.2) is 0 Å². The summed E-state index contributed by atoms with van der Waals surface area (Å²) in [4.78, 5) is 14.3. The van der Waals surface area contributed by atoms with Gasteiger partial charge < -0.3 is 10.6 Å². The van der Waals surface area contributed by atoms with Crippen molar-refractivity contribution in [2.24, 2.45) is 0 Å². The van der Waals surface area contributed by atoms with Crippen LogP contribution in [-0.4, -0.2) is 25.5 Å². The van der Waals surface area contributed by atoms with E-state index in [1.807, 2.05) is 11.3 Å². The monoisotopic (exact) mass is 268 g/mol. The maximum absolute atomic E-state index is 11.6. The zero-order chi connectivity index (χ0) is 13.4.